The van der Waals surface area contributed by atoms with Crippen molar-refractivity contribution < 1.29 is 9.59 Å². The molecule has 2 aromatic rings. The maximum absolute atomic E-state index is 13.2. The molecule has 1 aromatic carbocycles. The van der Waals surface area contributed by atoms with Gasteiger partial charge < -0.3 is 9.88 Å². The largest absolute Gasteiger partial charge is 0.345 e. The predicted octanol–water partition coefficient (Wildman–Crippen LogP) is 2.66. The third-order valence-corrected chi connectivity index (χ3v) is 4.98. The maximum Gasteiger partial charge on any atom is 0.274 e. The van der Waals surface area contributed by atoms with Crippen molar-refractivity contribution in [3.05, 3.63) is 41.7 Å². The number of hydrogen-bond acceptors (Lipinski definition) is 3. The number of para-hydroxylation sites is 2. The molecule has 0 unspecified atom stereocenters. The van der Waals surface area contributed by atoms with Crippen molar-refractivity contribution in [2.45, 2.75) is 19.8 Å². The normalized spacial score (nSPS) is 17.0. The van der Waals surface area contributed by atoms with E-state index < -0.39 is 0 Å². The highest BCUT2D eigenvalue weighted by Gasteiger charge is 2.33. The number of anilines is 3. The quantitative estimate of drug-likeness (QED) is 0.916. The van der Waals surface area contributed by atoms with Crippen LogP contribution in [0.2, 0.25) is 0 Å². The number of hydrogen-bond donors (Lipinski definition) is 1. The number of nitrogens with one attached hydrogen (secondary N) is 1. The molecule has 2 aliphatic heterocycles. The van der Waals surface area contributed by atoms with Crippen LogP contribution in [-0.2, 0) is 11.8 Å². The van der Waals surface area contributed by atoms with E-state index in [2.05, 4.69) is 10.2 Å². The highest BCUT2D eigenvalue weighted by Crippen LogP contribution is 2.40. The molecule has 1 saturated heterocycles. The average Bonchev–Trinajstić information content (AvgIpc) is 3.14. The smallest absolute Gasteiger partial charge is 0.274 e. The first-order valence-corrected chi connectivity index (χ1v) is 8.68. The van der Waals surface area contributed by atoms with Crippen LogP contribution in [0, 0.1) is 6.92 Å². The van der Waals surface area contributed by atoms with Gasteiger partial charge in [-0.2, -0.15) is 0 Å². The van der Waals surface area contributed by atoms with E-state index >= 15 is 0 Å². The van der Waals surface area contributed by atoms with Crippen molar-refractivity contribution in [1.82, 2.24) is 9.47 Å². The molecule has 4 rings (SSSR count). The van der Waals surface area contributed by atoms with E-state index in [1.807, 2.05) is 44.4 Å². The average molecular weight is 338 g/mol. The van der Waals surface area contributed by atoms with Crippen molar-refractivity contribution in [3.63, 3.8) is 0 Å². The van der Waals surface area contributed by atoms with Gasteiger partial charge in [0, 0.05) is 13.2 Å². The van der Waals surface area contributed by atoms with Crippen LogP contribution in [0.4, 0.5) is 17.1 Å². The van der Waals surface area contributed by atoms with E-state index in [-0.39, 0.29) is 11.8 Å². The van der Waals surface area contributed by atoms with E-state index in [9.17, 15) is 9.59 Å². The van der Waals surface area contributed by atoms with Gasteiger partial charge in [0.15, 0.2) is 0 Å². The molecule has 0 radical (unpaired) electrons. The van der Waals surface area contributed by atoms with Crippen LogP contribution < -0.4 is 10.2 Å². The zero-order valence-electron chi connectivity index (χ0n) is 14.6. The van der Waals surface area contributed by atoms with E-state index in [1.165, 1.54) is 0 Å². The third kappa shape index (κ3) is 2.62. The van der Waals surface area contributed by atoms with Gasteiger partial charge in [0.2, 0.25) is 5.91 Å². The lowest BCUT2D eigenvalue weighted by molar-refractivity contribution is -0.118. The number of nitrogens with zero attached hydrogens (tertiary/aromatic N) is 3. The Morgan fingerprint density at radius 3 is 2.68 bits per heavy atom. The number of likely N-dealkylation sites (tertiary alicyclic amines) is 1. The Labute approximate surface area is 147 Å². The van der Waals surface area contributed by atoms with Crippen LogP contribution in [0.3, 0.4) is 0 Å². The number of carbonyl (C=O) groups is 2. The van der Waals surface area contributed by atoms with E-state index in [0.29, 0.717) is 23.6 Å². The van der Waals surface area contributed by atoms with Gasteiger partial charge in [-0.25, -0.2) is 0 Å². The fourth-order valence-electron chi connectivity index (χ4n) is 3.86. The lowest BCUT2D eigenvalue weighted by Crippen LogP contribution is -2.37. The minimum absolute atomic E-state index is 0.00130. The first-order valence-electron chi connectivity index (χ1n) is 8.68. The molecule has 2 amide bonds. The van der Waals surface area contributed by atoms with Crippen molar-refractivity contribution in [1.29, 1.82) is 0 Å². The van der Waals surface area contributed by atoms with Gasteiger partial charge in [-0.1, -0.05) is 12.1 Å². The summed E-state index contributed by atoms with van der Waals surface area (Å²) < 4.78 is 1.79. The van der Waals surface area contributed by atoms with Crippen LogP contribution in [0.5, 0.6) is 0 Å². The number of carbonyl (C=O) groups excluding carboxylic acids is 2. The summed E-state index contributed by atoms with van der Waals surface area (Å²) in [5.74, 6) is -0.184. The lowest BCUT2D eigenvalue weighted by Gasteiger charge is -2.26. The fourth-order valence-corrected chi connectivity index (χ4v) is 3.86. The summed E-state index contributed by atoms with van der Waals surface area (Å²) in [6.45, 7) is 4.23. The van der Waals surface area contributed by atoms with Crippen molar-refractivity contribution >= 4 is 28.9 Å². The molecule has 6 heteroatoms. The molecule has 0 bridgehead atoms. The molecule has 3 heterocycles. The van der Waals surface area contributed by atoms with Crippen LogP contribution in [0.25, 0.3) is 0 Å². The summed E-state index contributed by atoms with van der Waals surface area (Å²) in [5, 5.41) is 2.94. The first-order chi connectivity index (χ1) is 12.1. The summed E-state index contributed by atoms with van der Waals surface area (Å²) in [7, 11) is 1.84. The van der Waals surface area contributed by atoms with Crippen LogP contribution in [0.1, 0.15) is 28.9 Å². The van der Waals surface area contributed by atoms with Crippen LogP contribution >= 0.6 is 0 Å². The molecular formula is C19H22N4O2. The summed E-state index contributed by atoms with van der Waals surface area (Å²) >= 11 is 0. The Kier molecular flexibility index (Phi) is 3.84. The van der Waals surface area contributed by atoms with Crippen molar-refractivity contribution in [2.75, 3.05) is 29.9 Å². The molecule has 0 aliphatic carbocycles. The van der Waals surface area contributed by atoms with Crippen LogP contribution in [0.15, 0.2) is 30.5 Å². The molecular weight excluding hydrogens is 316 g/mol. The zero-order chi connectivity index (χ0) is 17.6. The highest BCUT2D eigenvalue weighted by atomic mass is 16.2. The Balaban J connectivity index is 1.84. The van der Waals surface area contributed by atoms with E-state index in [4.69, 9.17) is 0 Å². The molecule has 25 heavy (non-hydrogen) atoms. The molecule has 0 saturated carbocycles. The molecule has 1 fully saturated rings. The van der Waals surface area contributed by atoms with Gasteiger partial charge in [0.25, 0.3) is 5.91 Å². The second-order valence-electron chi connectivity index (χ2n) is 6.80. The molecule has 6 nitrogen and oxygen atoms in total. The van der Waals surface area contributed by atoms with E-state index in [1.54, 1.807) is 9.47 Å². The molecule has 1 N–H and O–H groups in total. The second-order valence-corrected chi connectivity index (χ2v) is 6.80. The molecule has 0 atom stereocenters. The minimum Gasteiger partial charge on any atom is -0.345 e. The maximum atomic E-state index is 13.2. The highest BCUT2D eigenvalue weighted by molar-refractivity contribution is 6.18. The summed E-state index contributed by atoms with van der Waals surface area (Å²) in [6.07, 6.45) is 4.17. The minimum atomic E-state index is -0.186. The standard InChI is InChI=1S/C19H22N4O2/c1-13-11-21(2)18-17(13)23(16(24)12-22-9-5-6-10-22)15-8-4-3-7-14(15)20-19(18)25/h3-4,7-8,11H,5-6,9-10,12H2,1-2H3,(H,20,25). The molecule has 2 aliphatic rings. The number of aromatic nitrogens is 1. The van der Waals surface area contributed by atoms with Gasteiger partial charge >= 0.3 is 0 Å². The topological polar surface area (TPSA) is 57.6 Å². The number of rotatable bonds is 2. The molecule has 1 aromatic heterocycles. The zero-order valence-corrected chi connectivity index (χ0v) is 14.6. The number of benzene rings is 1. The predicted molar refractivity (Wildman–Crippen MR) is 97.4 cm³/mol. The number of fused-ring (bicyclic) bond motifs is 2. The molecule has 0 spiro atoms. The van der Waals surface area contributed by atoms with Crippen LogP contribution in [-0.4, -0.2) is 40.9 Å². The summed E-state index contributed by atoms with van der Waals surface area (Å²) in [5.41, 5.74) is 3.52. The Hall–Kier alpha value is -2.60. The van der Waals surface area contributed by atoms with Crippen molar-refractivity contribution in [2.24, 2.45) is 7.05 Å². The summed E-state index contributed by atoms with van der Waals surface area (Å²) in [4.78, 5) is 29.9. The summed E-state index contributed by atoms with van der Waals surface area (Å²) in [6, 6.07) is 7.49. The second kappa shape index (κ2) is 6.04. The van der Waals surface area contributed by atoms with Gasteiger partial charge in [-0.3, -0.25) is 19.4 Å². The Morgan fingerprint density at radius 1 is 1.20 bits per heavy atom. The van der Waals surface area contributed by atoms with Gasteiger partial charge in [-0.15, -0.1) is 0 Å². The van der Waals surface area contributed by atoms with Crippen molar-refractivity contribution in [3.8, 4) is 0 Å². The molecule has 130 valence electrons. The number of aryl methyl sites for hydroxylation is 2. The van der Waals surface area contributed by atoms with Gasteiger partial charge in [0.1, 0.15) is 5.69 Å². The Morgan fingerprint density at radius 2 is 1.92 bits per heavy atom. The SMILES string of the molecule is Cc1cn(C)c2c1N(C(=O)CN1CCCC1)c1ccccc1NC2=O. The third-order valence-electron chi connectivity index (χ3n) is 4.98. The van der Waals surface area contributed by atoms with Gasteiger partial charge in [0.05, 0.1) is 23.6 Å². The van der Waals surface area contributed by atoms with Gasteiger partial charge in [-0.05, 0) is 50.6 Å². The van der Waals surface area contributed by atoms with E-state index in [0.717, 1.165) is 37.2 Å². The number of amides is 2. The fraction of sp³-hybridized carbons (Fsp3) is 0.368. The monoisotopic (exact) mass is 338 g/mol. The lowest BCUT2D eigenvalue weighted by atomic mass is 10.2. The Bertz CT molecular complexity index is 849. The first kappa shape index (κ1) is 15.9.